The summed E-state index contributed by atoms with van der Waals surface area (Å²) in [5.74, 6) is 0. The van der Waals surface area contributed by atoms with Gasteiger partial charge in [-0.05, 0) is 6.07 Å². The van der Waals surface area contributed by atoms with Gasteiger partial charge in [0.15, 0.2) is 0 Å². The molecule has 57 valence electrons. The predicted molar refractivity (Wildman–Crippen MR) is 44.1 cm³/mol. The molecule has 0 aromatic carbocycles. The number of rotatable bonds is 1. The van der Waals surface area contributed by atoms with Gasteiger partial charge in [-0.3, -0.25) is 4.79 Å². The van der Waals surface area contributed by atoms with Gasteiger partial charge in [-0.15, -0.1) is 0 Å². The van der Waals surface area contributed by atoms with Gasteiger partial charge < -0.3 is 0 Å². The molecular weight excluding hydrogens is 208 g/mol. The molecule has 1 aromatic heterocycles. The van der Waals surface area contributed by atoms with Gasteiger partial charge in [0.1, 0.15) is 10.3 Å². The predicted octanol–water partition coefficient (Wildman–Crippen LogP) is 2.50. The van der Waals surface area contributed by atoms with E-state index in [-0.39, 0.29) is 20.9 Å². The lowest BCUT2D eigenvalue weighted by Crippen LogP contribution is -1.87. The molecule has 1 rings (SSSR count). The maximum absolute atomic E-state index is 10.1. The molecule has 11 heavy (non-hydrogen) atoms. The molecule has 0 bridgehead atoms. The van der Waals surface area contributed by atoms with Crippen molar-refractivity contribution in [2.75, 3.05) is 0 Å². The molecule has 0 amide bonds. The quantitative estimate of drug-likeness (QED) is 0.665. The molecule has 0 fully saturated rings. The van der Waals surface area contributed by atoms with Crippen LogP contribution in [0.5, 0.6) is 0 Å². The summed E-state index contributed by atoms with van der Waals surface area (Å²) in [6.07, 6.45) is 1.58. The summed E-state index contributed by atoms with van der Waals surface area (Å²) in [4.78, 5) is 13.7. The van der Waals surface area contributed by atoms with Crippen molar-refractivity contribution in [1.29, 1.82) is 0 Å². The van der Waals surface area contributed by atoms with Crippen LogP contribution in [0.2, 0.25) is 15.3 Å². The molecule has 2 nitrogen and oxygen atoms in total. The fourth-order valence-corrected chi connectivity index (χ4v) is 1.03. The first-order chi connectivity index (χ1) is 5.15. The molecule has 1 radical (unpaired) electrons. The van der Waals surface area contributed by atoms with E-state index in [4.69, 9.17) is 34.8 Å². The minimum absolute atomic E-state index is 0.00870. The van der Waals surface area contributed by atoms with E-state index in [2.05, 4.69) is 4.98 Å². The van der Waals surface area contributed by atoms with E-state index in [1.165, 1.54) is 6.07 Å². The summed E-state index contributed by atoms with van der Waals surface area (Å²) in [6, 6.07) is 1.31. The average Bonchev–Trinajstić information content (AvgIpc) is 1.97. The van der Waals surface area contributed by atoms with Crippen molar-refractivity contribution in [2.24, 2.45) is 0 Å². The van der Waals surface area contributed by atoms with Crippen LogP contribution < -0.4 is 0 Å². The molecule has 1 aromatic rings. The van der Waals surface area contributed by atoms with Gasteiger partial charge >= 0.3 is 0 Å². The van der Waals surface area contributed by atoms with E-state index in [0.29, 0.717) is 0 Å². The highest BCUT2D eigenvalue weighted by atomic mass is 35.5. The number of nitrogens with zero attached hydrogens (tertiary/aromatic N) is 1. The molecule has 5 heteroatoms. The highest BCUT2D eigenvalue weighted by Crippen LogP contribution is 2.23. The lowest BCUT2D eigenvalue weighted by atomic mass is 10.3. The summed E-state index contributed by atoms with van der Waals surface area (Å²) in [5, 5.41) is 0.277. The van der Waals surface area contributed by atoms with Crippen LogP contribution in [-0.2, 0) is 4.79 Å². The Balaban J connectivity index is 3.31. The van der Waals surface area contributed by atoms with Gasteiger partial charge in [0.25, 0.3) is 0 Å². The zero-order valence-corrected chi connectivity index (χ0v) is 7.33. The Morgan fingerprint density at radius 3 is 2.45 bits per heavy atom. The summed E-state index contributed by atoms with van der Waals surface area (Å²) in [7, 11) is 0. The third kappa shape index (κ3) is 1.83. The topological polar surface area (TPSA) is 30.0 Å². The molecular formula is C6HCl3NO. The highest BCUT2D eigenvalue weighted by Gasteiger charge is 2.06. The van der Waals surface area contributed by atoms with E-state index in [9.17, 15) is 4.79 Å². The Morgan fingerprint density at radius 1 is 1.27 bits per heavy atom. The monoisotopic (exact) mass is 208 g/mol. The van der Waals surface area contributed by atoms with E-state index in [1.54, 1.807) is 6.29 Å². The summed E-state index contributed by atoms with van der Waals surface area (Å²) in [5.41, 5.74) is 0.112. The molecule has 0 unspecified atom stereocenters. The van der Waals surface area contributed by atoms with Crippen LogP contribution in [0, 0.1) is 0 Å². The molecule has 1 heterocycles. The second-order valence-electron chi connectivity index (χ2n) is 1.70. The number of aromatic nitrogens is 1. The normalized spacial score (nSPS) is 9.73. The molecule has 0 aliphatic heterocycles. The van der Waals surface area contributed by atoms with Gasteiger partial charge in [-0.1, -0.05) is 34.8 Å². The average molecular weight is 209 g/mol. The molecule has 0 atom stereocenters. The standard InChI is InChI=1S/C6HCl3NO/c7-4-1-3(2-11)5(8)10-6(4)9/h1H. The first-order valence-corrected chi connectivity index (χ1v) is 3.68. The second kappa shape index (κ2) is 3.39. The van der Waals surface area contributed by atoms with E-state index in [0.717, 1.165) is 0 Å². The van der Waals surface area contributed by atoms with Crippen molar-refractivity contribution < 1.29 is 4.79 Å². The minimum atomic E-state index is 0.00870. The Kier molecular flexibility index (Phi) is 2.71. The van der Waals surface area contributed by atoms with Crippen molar-refractivity contribution in [2.45, 2.75) is 0 Å². The van der Waals surface area contributed by atoms with Gasteiger partial charge in [0.2, 0.25) is 6.29 Å². The number of pyridine rings is 1. The maximum Gasteiger partial charge on any atom is 0.236 e. The fourth-order valence-electron chi connectivity index (χ4n) is 0.517. The third-order valence-electron chi connectivity index (χ3n) is 0.997. The summed E-state index contributed by atoms with van der Waals surface area (Å²) < 4.78 is 0. The van der Waals surface area contributed by atoms with Crippen molar-refractivity contribution in [3.63, 3.8) is 0 Å². The van der Waals surface area contributed by atoms with Gasteiger partial charge in [0.05, 0.1) is 10.6 Å². The zero-order chi connectivity index (χ0) is 8.43. The minimum Gasteiger partial charge on any atom is -0.285 e. The van der Waals surface area contributed by atoms with E-state index >= 15 is 0 Å². The Morgan fingerprint density at radius 2 is 1.91 bits per heavy atom. The van der Waals surface area contributed by atoms with Gasteiger partial charge in [-0.25, -0.2) is 4.98 Å². The van der Waals surface area contributed by atoms with Crippen LogP contribution in [0.25, 0.3) is 0 Å². The molecule has 0 spiro atoms. The first-order valence-electron chi connectivity index (χ1n) is 2.55. The maximum atomic E-state index is 10.1. The van der Waals surface area contributed by atoms with Crippen LogP contribution in [0.4, 0.5) is 0 Å². The van der Waals surface area contributed by atoms with Crippen molar-refractivity contribution in [3.05, 3.63) is 27.0 Å². The molecule has 0 aliphatic rings. The summed E-state index contributed by atoms with van der Waals surface area (Å²) >= 11 is 16.5. The smallest absolute Gasteiger partial charge is 0.236 e. The Labute approximate surface area is 78.1 Å². The van der Waals surface area contributed by atoms with E-state index < -0.39 is 0 Å². The van der Waals surface area contributed by atoms with Crippen molar-refractivity contribution in [1.82, 2.24) is 4.98 Å². The largest absolute Gasteiger partial charge is 0.285 e. The van der Waals surface area contributed by atoms with Crippen LogP contribution in [0.15, 0.2) is 6.07 Å². The van der Waals surface area contributed by atoms with Gasteiger partial charge in [0, 0.05) is 0 Å². The highest BCUT2D eigenvalue weighted by molar-refractivity contribution is 6.42. The van der Waals surface area contributed by atoms with Crippen LogP contribution in [0.3, 0.4) is 0 Å². The molecule has 0 aliphatic carbocycles. The van der Waals surface area contributed by atoms with Gasteiger partial charge in [-0.2, -0.15) is 0 Å². The number of hydrogen-bond donors (Lipinski definition) is 0. The van der Waals surface area contributed by atoms with Crippen molar-refractivity contribution in [3.8, 4) is 0 Å². The number of hydrogen-bond acceptors (Lipinski definition) is 2. The number of halogens is 3. The van der Waals surface area contributed by atoms with Crippen LogP contribution in [-0.4, -0.2) is 11.3 Å². The lowest BCUT2D eigenvalue weighted by Gasteiger charge is -1.96. The SMILES string of the molecule is O=[C]c1cc(Cl)c(Cl)nc1Cl. The number of carbonyl (C=O) groups excluding carboxylic acids is 1. The van der Waals surface area contributed by atoms with Crippen LogP contribution >= 0.6 is 34.8 Å². The van der Waals surface area contributed by atoms with Crippen molar-refractivity contribution >= 4 is 41.1 Å². The zero-order valence-electron chi connectivity index (χ0n) is 5.07. The van der Waals surface area contributed by atoms with Crippen LogP contribution in [0.1, 0.15) is 5.56 Å². The molecule has 0 N–H and O–H groups in total. The molecule has 0 saturated carbocycles. The van der Waals surface area contributed by atoms with E-state index in [1.807, 2.05) is 0 Å². The first kappa shape index (κ1) is 8.78. The summed E-state index contributed by atoms with van der Waals surface area (Å²) in [6.45, 7) is 0. The third-order valence-corrected chi connectivity index (χ3v) is 1.96. The Bertz CT molecular complexity index is 300. The Hall–Kier alpha value is -0.310. The fraction of sp³-hybridized carbons (Fsp3) is 0. The lowest BCUT2D eigenvalue weighted by molar-refractivity contribution is 0.562. The second-order valence-corrected chi connectivity index (χ2v) is 2.82. The molecule has 0 saturated heterocycles.